The van der Waals surface area contributed by atoms with E-state index in [1.807, 2.05) is 67.6 Å². The minimum atomic E-state index is -0.0707. The molecule has 0 unspecified atom stereocenters. The molecule has 5 aromatic carbocycles. The lowest BCUT2D eigenvalue weighted by Crippen LogP contribution is -2.13. The van der Waals surface area contributed by atoms with Gasteiger partial charge >= 0.3 is 0 Å². The third kappa shape index (κ3) is 5.92. The third-order valence-corrected chi connectivity index (χ3v) is 8.01. The van der Waals surface area contributed by atoms with Crippen LogP contribution in [0.1, 0.15) is 44.4 Å². The number of hydrogen-bond acceptors (Lipinski definition) is 5. The highest BCUT2D eigenvalue weighted by atomic mass is 16.5. The summed E-state index contributed by atoms with van der Waals surface area (Å²) in [4.78, 5) is 15.0. The zero-order chi connectivity index (χ0) is 31.7. The summed E-state index contributed by atoms with van der Waals surface area (Å²) in [5, 5.41) is 0. The van der Waals surface area contributed by atoms with E-state index in [2.05, 4.69) is 87.5 Å². The summed E-state index contributed by atoms with van der Waals surface area (Å²) in [7, 11) is 0. The molecule has 2 aromatic heterocycles. The van der Waals surface area contributed by atoms with Crippen molar-refractivity contribution >= 4 is 34.3 Å². The van der Waals surface area contributed by atoms with E-state index >= 15 is 0 Å². The quantitative estimate of drug-likeness (QED) is 0.170. The molecule has 2 heterocycles. The molecule has 226 valence electrons. The van der Waals surface area contributed by atoms with Gasteiger partial charge in [-0.1, -0.05) is 112 Å². The first kappa shape index (κ1) is 29.2. The van der Waals surface area contributed by atoms with Crippen LogP contribution in [0.2, 0.25) is 0 Å². The summed E-state index contributed by atoms with van der Waals surface area (Å²) >= 11 is 0. The first-order valence-corrected chi connectivity index (χ1v) is 15.6. The molecule has 0 aliphatic rings. The van der Waals surface area contributed by atoms with Gasteiger partial charge in [-0.25, -0.2) is 15.0 Å². The molecule has 0 aliphatic carbocycles. The first-order valence-electron chi connectivity index (χ1n) is 15.6. The first-order chi connectivity index (χ1) is 22.4. The Labute approximate surface area is 269 Å². The highest BCUT2D eigenvalue weighted by Gasteiger charge is 2.22. The van der Waals surface area contributed by atoms with Crippen LogP contribution in [0.15, 0.2) is 120 Å². The molecule has 5 heteroatoms. The molecule has 0 radical (unpaired) electrons. The molecule has 0 bridgehead atoms. The van der Waals surface area contributed by atoms with Gasteiger partial charge in [0.2, 0.25) is 5.89 Å². The van der Waals surface area contributed by atoms with Crippen LogP contribution >= 0.6 is 0 Å². The number of aromatic nitrogens is 3. The average molecular weight is 602 g/mol. The van der Waals surface area contributed by atoms with Crippen molar-refractivity contribution in [2.24, 2.45) is 0 Å². The molecule has 0 N–H and O–H groups in total. The molecule has 5 nitrogen and oxygen atoms in total. The molecule has 0 spiro atoms. The van der Waals surface area contributed by atoms with Crippen LogP contribution in [0.5, 0.6) is 5.75 Å². The second kappa shape index (κ2) is 12.1. The predicted molar refractivity (Wildman–Crippen MR) is 189 cm³/mol. The smallest absolute Gasteiger partial charge is 0.227 e. The Hall–Kier alpha value is -5.55. The lowest BCUT2D eigenvalue weighted by Gasteiger charge is -2.22. The molecular weight excluding hydrogens is 566 g/mol. The summed E-state index contributed by atoms with van der Waals surface area (Å²) in [6, 6.07) is 39.0. The maximum Gasteiger partial charge on any atom is 0.227 e. The van der Waals surface area contributed by atoms with E-state index in [1.54, 1.807) is 0 Å². The number of benzene rings is 5. The van der Waals surface area contributed by atoms with Crippen molar-refractivity contribution in [3.63, 3.8) is 0 Å². The lowest BCUT2D eigenvalue weighted by atomic mass is 9.86. The fourth-order valence-corrected chi connectivity index (χ4v) is 5.64. The zero-order valence-electron chi connectivity index (χ0n) is 26.5. The standard InChI is InChI=1S/C41H35N3O2/c1-5-45-36-26-37-35(25-32(36)41(2,3)4)44-40(46-37)31-21-18-27(19-22-31)16-17-28-20-23-33-34(24-28)43-39(30-14-10-7-11-15-30)38(42-33)29-12-8-6-9-13-29/h6-26H,5H2,1-4H3. The number of fused-ring (bicyclic) bond motifs is 2. The number of oxazole rings is 1. The Kier molecular flexibility index (Phi) is 7.67. The van der Waals surface area contributed by atoms with Crippen molar-refractivity contribution in [3.8, 4) is 39.7 Å². The van der Waals surface area contributed by atoms with E-state index in [0.717, 1.165) is 72.7 Å². The molecule has 0 fully saturated rings. The Bertz CT molecular complexity index is 2180. The van der Waals surface area contributed by atoms with Crippen molar-refractivity contribution in [2.75, 3.05) is 6.61 Å². The number of ether oxygens (including phenoxy) is 1. The van der Waals surface area contributed by atoms with Gasteiger partial charge in [-0.3, -0.25) is 0 Å². The minimum absolute atomic E-state index is 0.0707. The molecule has 7 rings (SSSR count). The van der Waals surface area contributed by atoms with Crippen molar-refractivity contribution in [2.45, 2.75) is 33.1 Å². The maximum atomic E-state index is 6.17. The summed E-state index contributed by atoms with van der Waals surface area (Å²) in [5.41, 5.74) is 11.2. The summed E-state index contributed by atoms with van der Waals surface area (Å²) in [6.45, 7) is 9.13. The molecule has 7 aromatic rings. The number of rotatable bonds is 7. The van der Waals surface area contributed by atoms with E-state index in [-0.39, 0.29) is 5.41 Å². The molecule has 0 atom stereocenters. The van der Waals surface area contributed by atoms with Crippen LogP contribution in [0.3, 0.4) is 0 Å². The van der Waals surface area contributed by atoms with Crippen LogP contribution in [-0.2, 0) is 5.41 Å². The van der Waals surface area contributed by atoms with Crippen LogP contribution in [0.4, 0.5) is 0 Å². The Morgan fingerprint density at radius 1 is 0.609 bits per heavy atom. The van der Waals surface area contributed by atoms with Gasteiger partial charge in [0.15, 0.2) is 5.58 Å². The van der Waals surface area contributed by atoms with E-state index in [1.165, 1.54) is 0 Å². The minimum Gasteiger partial charge on any atom is -0.493 e. The van der Waals surface area contributed by atoms with Gasteiger partial charge in [0, 0.05) is 28.3 Å². The number of hydrogen-bond donors (Lipinski definition) is 0. The summed E-state index contributed by atoms with van der Waals surface area (Å²) < 4.78 is 12.1. The maximum absolute atomic E-state index is 6.17. The van der Waals surface area contributed by atoms with Gasteiger partial charge in [-0.2, -0.15) is 0 Å². The van der Waals surface area contributed by atoms with Crippen molar-refractivity contribution in [1.82, 2.24) is 15.0 Å². The van der Waals surface area contributed by atoms with Gasteiger partial charge in [-0.15, -0.1) is 0 Å². The van der Waals surface area contributed by atoms with Crippen molar-refractivity contribution in [1.29, 1.82) is 0 Å². The Balaban J connectivity index is 1.16. The van der Waals surface area contributed by atoms with E-state index in [0.29, 0.717) is 12.5 Å². The van der Waals surface area contributed by atoms with Gasteiger partial charge < -0.3 is 9.15 Å². The van der Waals surface area contributed by atoms with Crippen molar-refractivity contribution < 1.29 is 9.15 Å². The van der Waals surface area contributed by atoms with Crippen LogP contribution in [0.25, 0.3) is 68.3 Å². The Morgan fingerprint density at radius 3 is 1.85 bits per heavy atom. The zero-order valence-corrected chi connectivity index (χ0v) is 26.5. The second-order valence-corrected chi connectivity index (χ2v) is 12.4. The fourth-order valence-electron chi connectivity index (χ4n) is 5.64. The van der Waals surface area contributed by atoms with Gasteiger partial charge in [0.25, 0.3) is 0 Å². The molecule has 0 saturated heterocycles. The predicted octanol–water partition coefficient (Wildman–Crippen LogP) is 10.6. The molecule has 0 saturated carbocycles. The topological polar surface area (TPSA) is 61.0 Å². The monoisotopic (exact) mass is 601 g/mol. The second-order valence-electron chi connectivity index (χ2n) is 12.4. The average Bonchev–Trinajstić information content (AvgIpc) is 3.50. The van der Waals surface area contributed by atoms with E-state index in [4.69, 9.17) is 24.1 Å². The lowest BCUT2D eigenvalue weighted by molar-refractivity contribution is 0.330. The van der Waals surface area contributed by atoms with Crippen LogP contribution in [0, 0.1) is 0 Å². The highest BCUT2D eigenvalue weighted by Crippen LogP contribution is 2.37. The van der Waals surface area contributed by atoms with Gasteiger partial charge in [0.1, 0.15) is 11.3 Å². The SMILES string of the molecule is CCOc1cc2oc(-c3ccc(C=Cc4ccc5nc(-c6ccccc6)c(-c6ccccc6)nc5c4)cc3)nc2cc1C(C)(C)C. The fraction of sp³-hybridized carbons (Fsp3) is 0.146. The summed E-state index contributed by atoms with van der Waals surface area (Å²) in [6.07, 6.45) is 4.21. The largest absolute Gasteiger partial charge is 0.493 e. The summed E-state index contributed by atoms with van der Waals surface area (Å²) in [5.74, 6) is 1.44. The Morgan fingerprint density at radius 2 is 1.22 bits per heavy atom. The van der Waals surface area contributed by atoms with Crippen molar-refractivity contribution in [3.05, 3.63) is 132 Å². The van der Waals surface area contributed by atoms with E-state index < -0.39 is 0 Å². The van der Waals surface area contributed by atoms with Crippen LogP contribution < -0.4 is 4.74 Å². The molecular formula is C41H35N3O2. The van der Waals surface area contributed by atoms with E-state index in [9.17, 15) is 0 Å². The number of nitrogens with zero attached hydrogens (tertiary/aromatic N) is 3. The highest BCUT2D eigenvalue weighted by molar-refractivity contribution is 5.88. The van der Waals surface area contributed by atoms with Crippen LogP contribution in [-0.4, -0.2) is 21.6 Å². The molecule has 0 amide bonds. The third-order valence-electron chi connectivity index (χ3n) is 8.01. The normalized spacial score (nSPS) is 11.9. The van der Waals surface area contributed by atoms with Gasteiger partial charge in [0.05, 0.1) is 29.0 Å². The molecule has 0 aliphatic heterocycles. The molecule has 46 heavy (non-hydrogen) atoms. The van der Waals surface area contributed by atoms with Gasteiger partial charge in [-0.05, 0) is 53.8 Å².